The van der Waals surface area contributed by atoms with Crippen molar-refractivity contribution in [1.82, 2.24) is 19.7 Å². The molecule has 0 unspecified atom stereocenters. The van der Waals surface area contributed by atoms with Gasteiger partial charge in [0.15, 0.2) is 0 Å². The number of hydrogen-bond donors (Lipinski definition) is 0. The van der Waals surface area contributed by atoms with E-state index in [1.165, 1.54) is 6.07 Å². The lowest BCUT2D eigenvalue weighted by Gasteiger charge is -2.16. The molecule has 0 N–H and O–H groups in total. The molecular formula is C22H21FN4OS. The van der Waals surface area contributed by atoms with Gasteiger partial charge < -0.3 is 4.90 Å². The number of carbonyl (C=O) groups is 1. The number of carbonyl (C=O) groups excluding carboxylic acids is 1. The van der Waals surface area contributed by atoms with E-state index in [0.717, 1.165) is 32.2 Å². The van der Waals surface area contributed by atoms with E-state index in [0.29, 0.717) is 12.2 Å². The molecule has 0 fully saturated rings. The van der Waals surface area contributed by atoms with Crippen LogP contribution < -0.4 is 0 Å². The van der Waals surface area contributed by atoms with Gasteiger partial charge in [-0.15, -0.1) is 11.3 Å². The number of para-hydroxylation sites is 2. The number of halogens is 1. The SMILES string of the molecule is Cc1nn(-c2ccccc2F)c(C)c1CC(=O)N(C)Cc1nc2ccccc2s1. The minimum Gasteiger partial charge on any atom is -0.339 e. The van der Waals surface area contributed by atoms with E-state index in [1.807, 2.05) is 38.1 Å². The quantitative estimate of drug-likeness (QED) is 0.491. The van der Waals surface area contributed by atoms with Crippen LogP contribution in [0.5, 0.6) is 0 Å². The number of aromatic nitrogens is 3. The van der Waals surface area contributed by atoms with Crippen molar-refractivity contribution < 1.29 is 9.18 Å². The highest BCUT2D eigenvalue weighted by Crippen LogP contribution is 2.24. The third-order valence-electron chi connectivity index (χ3n) is 4.99. The summed E-state index contributed by atoms with van der Waals surface area (Å²) in [4.78, 5) is 19.1. The fraction of sp³-hybridized carbons (Fsp3) is 0.227. The Kier molecular flexibility index (Phi) is 5.15. The monoisotopic (exact) mass is 408 g/mol. The van der Waals surface area contributed by atoms with Crippen LogP contribution >= 0.6 is 11.3 Å². The summed E-state index contributed by atoms with van der Waals surface area (Å²) in [5, 5.41) is 5.36. The highest BCUT2D eigenvalue weighted by atomic mass is 32.1. The largest absolute Gasteiger partial charge is 0.339 e. The number of likely N-dealkylation sites (N-methyl/N-ethyl adjacent to an activating group) is 1. The van der Waals surface area contributed by atoms with Gasteiger partial charge >= 0.3 is 0 Å². The van der Waals surface area contributed by atoms with Gasteiger partial charge in [-0.05, 0) is 38.1 Å². The Morgan fingerprint density at radius 3 is 2.62 bits per heavy atom. The van der Waals surface area contributed by atoms with Crippen LogP contribution in [0.25, 0.3) is 15.9 Å². The Morgan fingerprint density at radius 2 is 1.86 bits per heavy atom. The number of benzene rings is 2. The molecule has 2 aromatic carbocycles. The van der Waals surface area contributed by atoms with Gasteiger partial charge in [-0.25, -0.2) is 14.1 Å². The third-order valence-corrected chi connectivity index (χ3v) is 6.01. The van der Waals surface area contributed by atoms with E-state index in [1.54, 1.807) is 46.2 Å². The van der Waals surface area contributed by atoms with Crippen molar-refractivity contribution >= 4 is 27.5 Å². The lowest BCUT2D eigenvalue weighted by Crippen LogP contribution is -2.28. The Labute approximate surface area is 172 Å². The van der Waals surface area contributed by atoms with Crippen LogP contribution in [0.3, 0.4) is 0 Å². The van der Waals surface area contributed by atoms with Gasteiger partial charge in [0.1, 0.15) is 16.5 Å². The number of thiazole rings is 1. The fourth-order valence-corrected chi connectivity index (χ4v) is 4.37. The number of fused-ring (bicyclic) bond motifs is 1. The Morgan fingerprint density at radius 1 is 1.14 bits per heavy atom. The molecule has 2 heterocycles. The van der Waals surface area contributed by atoms with Crippen molar-refractivity contribution in [3.63, 3.8) is 0 Å². The van der Waals surface area contributed by atoms with Crippen LogP contribution in [0.2, 0.25) is 0 Å². The summed E-state index contributed by atoms with van der Waals surface area (Å²) in [5.74, 6) is -0.368. The summed E-state index contributed by atoms with van der Waals surface area (Å²) in [7, 11) is 1.78. The molecule has 0 atom stereocenters. The molecule has 4 aromatic rings. The van der Waals surface area contributed by atoms with Gasteiger partial charge in [0.25, 0.3) is 0 Å². The molecule has 0 saturated heterocycles. The van der Waals surface area contributed by atoms with Crippen LogP contribution in [0.4, 0.5) is 4.39 Å². The summed E-state index contributed by atoms with van der Waals surface area (Å²) in [6, 6.07) is 14.4. The molecule has 0 bridgehead atoms. The molecule has 2 aromatic heterocycles. The second-order valence-corrected chi connectivity index (χ2v) is 8.13. The summed E-state index contributed by atoms with van der Waals surface area (Å²) in [5.41, 5.74) is 3.66. The van der Waals surface area contributed by atoms with E-state index < -0.39 is 0 Å². The number of aryl methyl sites for hydroxylation is 1. The van der Waals surface area contributed by atoms with Gasteiger partial charge in [-0.2, -0.15) is 5.10 Å². The van der Waals surface area contributed by atoms with Crippen LogP contribution in [-0.4, -0.2) is 32.6 Å². The number of rotatable bonds is 5. The molecule has 4 rings (SSSR count). The van der Waals surface area contributed by atoms with E-state index >= 15 is 0 Å². The van der Waals surface area contributed by atoms with Gasteiger partial charge in [-0.1, -0.05) is 24.3 Å². The van der Waals surface area contributed by atoms with Crippen molar-refractivity contribution in [2.24, 2.45) is 0 Å². The molecule has 7 heteroatoms. The smallest absolute Gasteiger partial charge is 0.227 e. The molecule has 0 aliphatic carbocycles. The van der Waals surface area contributed by atoms with Crippen LogP contribution in [0.1, 0.15) is 22.0 Å². The lowest BCUT2D eigenvalue weighted by molar-refractivity contribution is -0.129. The zero-order valence-electron chi connectivity index (χ0n) is 16.5. The normalized spacial score (nSPS) is 11.2. The molecule has 0 aliphatic heterocycles. The van der Waals surface area contributed by atoms with Crippen LogP contribution in [-0.2, 0) is 17.8 Å². The van der Waals surface area contributed by atoms with Crippen molar-refractivity contribution in [2.75, 3.05) is 7.05 Å². The predicted molar refractivity (Wildman–Crippen MR) is 113 cm³/mol. The highest BCUT2D eigenvalue weighted by Gasteiger charge is 2.20. The topological polar surface area (TPSA) is 51.0 Å². The maximum absolute atomic E-state index is 14.2. The standard InChI is InChI=1S/C22H21FN4OS/c1-14-16(15(2)27(25-14)19-10-6-4-8-17(19)23)12-22(28)26(3)13-21-24-18-9-5-7-11-20(18)29-21/h4-11H,12-13H2,1-3H3. The summed E-state index contributed by atoms with van der Waals surface area (Å²) in [6.07, 6.45) is 0.216. The molecular weight excluding hydrogens is 387 g/mol. The first-order chi connectivity index (χ1) is 13.9. The van der Waals surface area contributed by atoms with E-state index in [2.05, 4.69) is 10.1 Å². The zero-order valence-corrected chi connectivity index (χ0v) is 17.3. The first-order valence-corrected chi connectivity index (χ1v) is 10.1. The number of amides is 1. The fourth-order valence-electron chi connectivity index (χ4n) is 3.35. The van der Waals surface area contributed by atoms with E-state index in [4.69, 9.17) is 0 Å². The first kappa shape index (κ1) is 19.3. The molecule has 0 radical (unpaired) electrons. The van der Waals surface area contributed by atoms with Crippen molar-refractivity contribution in [3.8, 4) is 5.69 Å². The second kappa shape index (κ2) is 7.75. The van der Waals surface area contributed by atoms with Gasteiger partial charge in [-0.3, -0.25) is 4.79 Å². The maximum Gasteiger partial charge on any atom is 0.227 e. The van der Waals surface area contributed by atoms with Crippen molar-refractivity contribution in [1.29, 1.82) is 0 Å². The molecule has 148 valence electrons. The Bertz CT molecular complexity index is 1160. The van der Waals surface area contributed by atoms with Crippen molar-refractivity contribution in [2.45, 2.75) is 26.8 Å². The van der Waals surface area contributed by atoms with Gasteiger partial charge in [0.2, 0.25) is 5.91 Å². The predicted octanol–water partition coefficient (Wildman–Crippen LogP) is 4.44. The van der Waals surface area contributed by atoms with Crippen LogP contribution in [0.15, 0.2) is 48.5 Å². The molecule has 29 heavy (non-hydrogen) atoms. The zero-order chi connectivity index (χ0) is 20.5. The molecule has 0 spiro atoms. The minimum absolute atomic E-state index is 0.0245. The van der Waals surface area contributed by atoms with E-state index in [9.17, 15) is 9.18 Å². The third kappa shape index (κ3) is 3.78. The molecule has 0 saturated carbocycles. The average Bonchev–Trinajstić information content (AvgIpc) is 3.23. The number of nitrogens with zero attached hydrogens (tertiary/aromatic N) is 4. The Hall–Kier alpha value is -3.06. The molecule has 1 amide bonds. The summed E-state index contributed by atoms with van der Waals surface area (Å²) >= 11 is 1.60. The van der Waals surface area contributed by atoms with Crippen molar-refractivity contribution in [3.05, 3.63) is 76.3 Å². The molecule has 0 aliphatic rings. The summed E-state index contributed by atoms with van der Waals surface area (Å²) in [6.45, 7) is 4.17. The average molecular weight is 409 g/mol. The maximum atomic E-state index is 14.2. The Balaban J connectivity index is 1.52. The first-order valence-electron chi connectivity index (χ1n) is 9.32. The number of hydrogen-bond acceptors (Lipinski definition) is 4. The van der Waals surface area contributed by atoms with Gasteiger partial charge in [0.05, 0.1) is 28.9 Å². The highest BCUT2D eigenvalue weighted by molar-refractivity contribution is 7.18. The molecule has 5 nitrogen and oxygen atoms in total. The second-order valence-electron chi connectivity index (χ2n) is 7.01. The van der Waals surface area contributed by atoms with Gasteiger partial charge in [0, 0.05) is 18.3 Å². The van der Waals surface area contributed by atoms with E-state index in [-0.39, 0.29) is 18.1 Å². The summed E-state index contributed by atoms with van der Waals surface area (Å²) < 4.78 is 16.9. The lowest BCUT2D eigenvalue weighted by atomic mass is 10.1. The van der Waals surface area contributed by atoms with Crippen LogP contribution in [0, 0.1) is 19.7 Å². The minimum atomic E-state index is -0.344.